The summed E-state index contributed by atoms with van der Waals surface area (Å²) in [6.07, 6.45) is 2.31. The Labute approximate surface area is 93.5 Å². The highest BCUT2D eigenvalue weighted by atomic mass is 35.5. The number of halogens is 3. The molecule has 14 heavy (non-hydrogen) atoms. The van der Waals surface area contributed by atoms with Crippen LogP contribution >= 0.6 is 24.8 Å². The van der Waals surface area contributed by atoms with Gasteiger partial charge in [-0.15, -0.1) is 24.8 Å². The quantitative estimate of drug-likeness (QED) is 0.805. The van der Waals surface area contributed by atoms with Gasteiger partial charge >= 0.3 is 0 Å². The fraction of sp³-hybridized carbons (Fsp3) is 0.429. The van der Waals surface area contributed by atoms with E-state index in [1.165, 1.54) is 0 Å². The van der Waals surface area contributed by atoms with E-state index in [0.29, 0.717) is 12.0 Å². The molecular weight excluding hydrogens is 230 g/mol. The van der Waals surface area contributed by atoms with Gasteiger partial charge in [0.25, 0.3) is 0 Å². The Bertz CT molecular complexity index is 265. The highest BCUT2D eigenvalue weighted by Crippen LogP contribution is 2.02. The molecule has 0 unspecified atom stereocenters. The van der Waals surface area contributed by atoms with Gasteiger partial charge in [0.05, 0.1) is 18.4 Å². The second kappa shape index (κ2) is 5.95. The molecule has 2 rings (SSSR count). The van der Waals surface area contributed by atoms with Crippen molar-refractivity contribution in [2.75, 3.05) is 18.4 Å². The molecule has 2 N–H and O–H groups in total. The van der Waals surface area contributed by atoms with Gasteiger partial charge in [-0.05, 0) is 0 Å². The molecule has 0 aromatic carbocycles. The molecule has 0 radical (unpaired) electrons. The van der Waals surface area contributed by atoms with E-state index in [2.05, 4.69) is 20.6 Å². The van der Waals surface area contributed by atoms with Crippen molar-refractivity contribution >= 4 is 30.8 Å². The molecule has 0 amide bonds. The molecule has 80 valence electrons. The summed E-state index contributed by atoms with van der Waals surface area (Å²) in [4.78, 5) is 7.55. The third-order valence-electron chi connectivity index (χ3n) is 1.74. The molecule has 2 heterocycles. The fourth-order valence-electron chi connectivity index (χ4n) is 0.960. The lowest BCUT2D eigenvalue weighted by molar-refractivity contribution is 0.469. The van der Waals surface area contributed by atoms with E-state index >= 15 is 0 Å². The Morgan fingerprint density at radius 1 is 1.29 bits per heavy atom. The molecular formula is C7H11Cl2FN4. The fourth-order valence-corrected chi connectivity index (χ4v) is 0.960. The number of nitrogens with one attached hydrogen (secondary N) is 2. The number of nitrogens with zero attached hydrogens (tertiary/aromatic N) is 2. The first kappa shape index (κ1) is 13.4. The minimum absolute atomic E-state index is 0. The van der Waals surface area contributed by atoms with Gasteiger partial charge in [0.15, 0.2) is 5.82 Å². The molecule has 0 atom stereocenters. The highest BCUT2D eigenvalue weighted by Gasteiger charge is 2.16. The Balaban J connectivity index is 0.000000845. The van der Waals surface area contributed by atoms with Crippen LogP contribution in [0.2, 0.25) is 0 Å². The van der Waals surface area contributed by atoms with Crippen LogP contribution in [0, 0.1) is 5.82 Å². The number of rotatable bonds is 2. The van der Waals surface area contributed by atoms with Gasteiger partial charge < -0.3 is 10.6 Å². The van der Waals surface area contributed by atoms with E-state index in [1.54, 1.807) is 0 Å². The Morgan fingerprint density at radius 2 is 1.86 bits per heavy atom. The first-order valence-electron chi connectivity index (χ1n) is 3.79. The minimum Gasteiger partial charge on any atom is -0.349 e. The maximum atomic E-state index is 12.4. The van der Waals surface area contributed by atoms with Crippen molar-refractivity contribution in [1.82, 2.24) is 15.3 Å². The normalized spacial score (nSPS) is 14.6. The van der Waals surface area contributed by atoms with E-state index in [9.17, 15) is 4.39 Å². The largest absolute Gasteiger partial charge is 0.349 e. The molecule has 0 spiro atoms. The summed E-state index contributed by atoms with van der Waals surface area (Å²) >= 11 is 0. The van der Waals surface area contributed by atoms with Crippen LogP contribution in [0.1, 0.15) is 0 Å². The van der Waals surface area contributed by atoms with Crippen molar-refractivity contribution in [2.24, 2.45) is 0 Å². The van der Waals surface area contributed by atoms with E-state index < -0.39 is 5.82 Å². The summed E-state index contributed by atoms with van der Waals surface area (Å²) in [5.41, 5.74) is 0. The average Bonchev–Trinajstić information content (AvgIpc) is 2.00. The SMILES string of the molecule is Cl.Cl.Fc1cnc(NC2CNC2)nc1. The smallest absolute Gasteiger partial charge is 0.223 e. The molecule has 4 nitrogen and oxygen atoms in total. The Morgan fingerprint density at radius 3 is 2.29 bits per heavy atom. The molecule has 0 aliphatic carbocycles. The second-order valence-corrected chi connectivity index (χ2v) is 2.72. The van der Waals surface area contributed by atoms with Gasteiger partial charge in [0.1, 0.15) is 0 Å². The molecule has 0 bridgehead atoms. The van der Waals surface area contributed by atoms with Crippen molar-refractivity contribution in [1.29, 1.82) is 0 Å². The predicted octanol–water partition coefficient (Wildman–Crippen LogP) is 0.843. The lowest BCUT2D eigenvalue weighted by Crippen LogP contribution is -2.51. The summed E-state index contributed by atoms with van der Waals surface area (Å²) in [5.74, 6) is 0.0789. The molecule has 1 aromatic heterocycles. The zero-order valence-corrected chi connectivity index (χ0v) is 8.87. The van der Waals surface area contributed by atoms with E-state index in [-0.39, 0.29) is 24.8 Å². The lowest BCUT2D eigenvalue weighted by Gasteiger charge is -2.27. The van der Waals surface area contributed by atoms with Crippen LogP contribution in [0.3, 0.4) is 0 Å². The molecule has 1 aromatic rings. The summed E-state index contributed by atoms with van der Waals surface area (Å²) < 4.78 is 12.4. The van der Waals surface area contributed by atoms with E-state index in [4.69, 9.17) is 0 Å². The zero-order valence-electron chi connectivity index (χ0n) is 7.24. The number of hydrogen-bond acceptors (Lipinski definition) is 4. The topological polar surface area (TPSA) is 49.8 Å². The molecule has 1 fully saturated rings. The van der Waals surface area contributed by atoms with Crippen molar-refractivity contribution in [2.45, 2.75) is 6.04 Å². The van der Waals surface area contributed by atoms with Crippen LogP contribution in [-0.4, -0.2) is 29.1 Å². The maximum absolute atomic E-state index is 12.4. The molecule has 0 saturated carbocycles. The van der Waals surface area contributed by atoms with Crippen LogP contribution in [-0.2, 0) is 0 Å². The maximum Gasteiger partial charge on any atom is 0.223 e. The third kappa shape index (κ3) is 3.25. The molecule has 1 saturated heterocycles. The van der Waals surface area contributed by atoms with Gasteiger partial charge in [0, 0.05) is 13.1 Å². The van der Waals surface area contributed by atoms with Gasteiger partial charge in [-0.1, -0.05) is 0 Å². The molecule has 1 aliphatic rings. The average molecular weight is 241 g/mol. The van der Waals surface area contributed by atoms with Crippen LogP contribution < -0.4 is 10.6 Å². The van der Waals surface area contributed by atoms with Crippen LogP contribution in [0.25, 0.3) is 0 Å². The summed E-state index contributed by atoms with van der Waals surface area (Å²) in [7, 11) is 0. The first-order chi connectivity index (χ1) is 5.84. The lowest BCUT2D eigenvalue weighted by atomic mass is 10.2. The van der Waals surface area contributed by atoms with Crippen molar-refractivity contribution < 1.29 is 4.39 Å². The Hall–Kier alpha value is -0.650. The van der Waals surface area contributed by atoms with Gasteiger partial charge in [-0.3, -0.25) is 0 Å². The molecule has 7 heteroatoms. The minimum atomic E-state index is -0.410. The highest BCUT2D eigenvalue weighted by molar-refractivity contribution is 5.85. The van der Waals surface area contributed by atoms with Crippen molar-refractivity contribution in [3.8, 4) is 0 Å². The van der Waals surface area contributed by atoms with Gasteiger partial charge in [-0.2, -0.15) is 0 Å². The Kier molecular flexibility index (Phi) is 5.68. The molecule has 1 aliphatic heterocycles. The number of hydrogen-bond donors (Lipinski definition) is 2. The van der Waals surface area contributed by atoms with E-state index in [1.807, 2.05) is 0 Å². The van der Waals surface area contributed by atoms with Crippen molar-refractivity contribution in [3.05, 3.63) is 18.2 Å². The van der Waals surface area contributed by atoms with Crippen LogP contribution in [0.15, 0.2) is 12.4 Å². The third-order valence-corrected chi connectivity index (χ3v) is 1.74. The second-order valence-electron chi connectivity index (χ2n) is 2.72. The summed E-state index contributed by atoms with van der Waals surface area (Å²) in [6.45, 7) is 1.83. The first-order valence-corrected chi connectivity index (χ1v) is 3.79. The van der Waals surface area contributed by atoms with Crippen LogP contribution in [0.5, 0.6) is 0 Å². The summed E-state index contributed by atoms with van der Waals surface area (Å²) in [5, 5.41) is 6.15. The van der Waals surface area contributed by atoms with Crippen molar-refractivity contribution in [3.63, 3.8) is 0 Å². The van der Waals surface area contributed by atoms with Gasteiger partial charge in [-0.25, -0.2) is 14.4 Å². The standard InChI is InChI=1S/C7H9FN4.2ClH/c8-5-1-10-7(11-2-5)12-6-3-9-4-6;;/h1-2,6,9H,3-4H2,(H,10,11,12);2*1H. The van der Waals surface area contributed by atoms with Gasteiger partial charge in [0.2, 0.25) is 5.95 Å². The van der Waals surface area contributed by atoms with E-state index in [0.717, 1.165) is 25.5 Å². The monoisotopic (exact) mass is 240 g/mol. The number of aromatic nitrogens is 2. The number of anilines is 1. The zero-order chi connectivity index (χ0) is 8.39. The predicted molar refractivity (Wildman–Crippen MR) is 56.8 cm³/mol. The summed E-state index contributed by atoms with van der Waals surface area (Å²) in [6, 6.07) is 0.385. The van der Waals surface area contributed by atoms with Crippen LogP contribution in [0.4, 0.5) is 10.3 Å².